The summed E-state index contributed by atoms with van der Waals surface area (Å²) >= 11 is 0. The zero-order chi connectivity index (χ0) is 20.5. The third-order valence-electron chi connectivity index (χ3n) is 4.31. The average molecular weight is 384 g/mol. The summed E-state index contributed by atoms with van der Waals surface area (Å²) in [5.74, 6) is 1.05. The van der Waals surface area contributed by atoms with E-state index in [-0.39, 0.29) is 18.4 Å². The van der Waals surface area contributed by atoms with E-state index in [0.717, 1.165) is 24.5 Å². The SMILES string of the molecule is CCN(CC)c1ccc(CNC(=O)c2cccc(OCC(=O)N(C)C)c2)cn1. The molecule has 1 heterocycles. The van der Waals surface area contributed by atoms with Gasteiger partial charge in [-0.05, 0) is 43.7 Å². The number of hydrogen-bond donors (Lipinski definition) is 1. The van der Waals surface area contributed by atoms with E-state index in [1.54, 1.807) is 44.6 Å². The Bertz CT molecular complexity index is 786. The van der Waals surface area contributed by atoms with Gasteiger partial charge in [-0.25, -0.2) is 4.98 Å². The van der Waals surface area contributed by atoms with E-state index in [1.807, 2.05) is 12.1 Å². The maximum atomic E-state index is 12.4. The van der Waals surface area contributed by atoms with Gasteiger partial charge in [-0.3, -0.25) is 9.59 Å². The van der Waals surface area contributed by atoms with Crippen molar-refractivity contribution in [1.29, 1.82) is 0 Å². The predicted molar refractivity (Wildman–Crippen MR) is 110 cm³/mol. The molecule has 2 aromatic rings. The topological polar surface area (TPSA) is 74.8 Å². The minimum atomic E-state index is -0.211. The molecule has 0 atom stereocenters. The van der Waals surface area contributed by atoms with Gasteiger partial charge in [0.15, 0.2) is 6.61 Å². The molecule has 0 bridgehead atoms. The van der Waals surface area contributed by atoms with Crippen LogP contribution in [0.5, 0.6) is 5.75 Å². The third-order valence-corrected chi connectivity index (χ3v) is 4.31. The molecule has 0 aliphatic rings. The Kier molecular flexibility index (Phi) is 7.80. The highest BCUT2D eigenvalue weighted by Gasteiger charge is 2.09. The lowest BCUT2D eigenvalue weighted by atomic mass is 10.2. The summed E-state index contributed by atoms with van der Waals surface area (Å²) in [6.07, 6.45) is 1.78. The van der Waals surface area contributed by atoms with Gasteiger partial charge in [-0.15, -0.1) is 0 Å². The third kappa shape index (κ3) is 5.97. The van der Waals surface area contributed by atoms with Gasteiger partial charge < -0.3 is 19.9 Å². The van der Waals surface area contributed by atoms with Gasteiger partial charge in [0.25, 0.3) is 11.8 Å². The Morgan fingerprint density at radius 2 is 1.86 bits per heavy atom. The first-order chi connectivity index (χ1) is 13.4. The van der Waals surface area contributed by atoms with Crippen LogP contribution in [0, 0.1) is 0 Å². The van der Waals surface area contributed by atoms with E-state index < -0.39 is 0 Å². The number of ether oxygens (including phenoxy) is 1. The van der Waals surface area contributed by atoms with Crippen LogP contribution in [0.1, 0.15) is 29.8 Å². The number of aromatic nitrogens is 1. The normalized spacial score (nSPS) is 10.3. The molecule has 1 aromatic carbocycles. The molecular weight excluding hydrogens is 356 g/mol. The van der Waals surface area contributed by atoms with Crippen LogP contribution in [0.4, 0.5) is 5.82 Å². The van der Waals surface area contributed by atoms with Gasteiger partial charge >= 0.3 is 0 Å². The summed E-state index contributed by atoms with van der Waals surface area (Å²) < 4.78 is 5.45. The average Bonchev–Trinajstić information content (AvgIpc) is 2.72. The number of benzene rings is 1. The van der Waals surface area contributed by atoms with Gasteiger partial charge in [0.2, 0.25) is 0 Å². The van der Waals surface area contributed by atoms with E-state index in [4.69, 9.17) is 4.74 Å². The van der Waals surface area contributed by atoms with Gasteiger partial charge in [0.05, 0.1) is 0 Å². The second-order valence-electron chi connectivity index (χ2n) is 6.48. The number of nitrogens with zero attached hydrogens (tertiary/aromatic N) is 3. The van der Waals surface area contributed by atoms with Crippen LogP contribution in [-0.4, -0.2) is 55.5 Å². The van der Waals surface area contributed by atoms with Crippen molar-refractivity contribution in [2.45, 2.75) is 20.4 Å². The summed E-state index contributed by atoms with van der Waals surface area (Å²) in [4.78, 5) is 32.1. The Morgan fingerprint density at radius 1 is 1.11 bits per heavy atom. The molecule has 0 radical (unpaired) electrons. The van der Waals surface area contributed by atoms with E-state index in [0.29, 0.717) is 17.9 Å². The standard InChI is InChI=1S/C21H28N4O3/c1-5-25(6-2)19-11-10-16(13-22-19)14-23-21(27)17-8-7-9-18(12-17)28-15-20(26)24(3)4/h7-13H,5-6,14-15H2,1-4H3,(H,23,27). The molecule has 150 valence electrons. The van der Waals surface area contributed by atoms with Crippen molar-refractivity contribution in [3.63, 3.8) is 0 Å². The lowest BCUT2D eigenvalue weighted by Gasteiger charge is -2.19. The molecule has 7 heteroatoms. The Hall–Kier alpha value is -3.09. The lowest BCUT2D eigenvalue weighted by molar-refractivity contribution is -0.130. The van der Waals surface area contributed by atoms with Crippen LogP contribution >= 0.6 is 0 Å². The van der Waals surface area contributed by atoms with Crippen LogP contribution in [0.3, 0.4) is 0 Å². The Labute approximate surface area is 166 Å². The zero-order valence-electron chi connectivity index (χ0n) is 16.9. The highest BCUT2D eigenvalue weighted by molar-refractivity contribution is 5.94. The number of nitrogens with one attached hydrogen (secondary N) is 1. The highest BCUT2D eigenvalue weighted by Crippen LogP contribution is 2.14. The first kappa shape index (κ1) is 21.2. The maximum Gasteiger partial charge on any atom is 0.259 e. The molecule has 0 spiro atoms. The fourth-order valence-corrected chi connectivity index (χ4v) is 2.54. The summed E-state index contributed by atoms with van der Waals surface area (Å²) in [6.45, 7) is 6.30. The first-order valence-electron chi connectivity index (χ1n) is 9.35. The number of rotatable bonds is 9. The smallest absolute Gasteiger partial charge is 0.259 e. The minimum absolute atomic E-state index is 0.0668. The van der Waals surface area contributed by atoms with Gasteiger partial charge in [0, 0.05) is 45.5 Å². The molecule has 0 aliphatic carbocycles. The molecule has 1 aromatic heterocycles. The number of amides is 2. The van der Waals surface area contributed by atoms with Crippen molar-refractivity contribution in [2.75, 3.05) is 38.7 Å². The molecule has 0 saturated carbocycles. The lowest BCUT2D eigenvalue weighted by Crippen LogP contribution is -2.27. The van der Waals surface area contributed by atoms with E-state index >= 15 is 0 Å². The van der Waals surface area contributed by atoms with Crippen LogP contribution in [0.15, 0.2) is 42.6 Å². The van der Waals surface area contributed by atoms with Crippen molar-refractivity contribution >= 4 is 17.6 Å². The highest BCUT2D eigenvalue weighted by atomic mass is 16.5. The molecule has 0 saturated heterocycles. The number of likely N-dealkylation sites (N-methyl/N-ethyl adjacent to an activating group) is 1. The Balaban J connectivity index is 1.92. The van der Waals surface area contributed by atoms with Crippen LogP contribution in [-0.2, 0) is 11.3 Å². The van der Waals surface area contributed by atoms with E-state index in [1.165, 1.54) is 4.90 Å². The molecule has 1 N–H and O–H groups in total. The molecule has 28 heavy (non-hydrogen) atoms. The van der Waals surface area contributed by atoms with Crippen LogP contribution in [0.25, 0.3) is 0 Å². The van der Waals surface area contributed by atoms with Crippen molar-refractivity contribution in [1.82, 2.24) is 15.2 Å². The number of carbonyl (C=O) groups is 2. The molecule has 2 rings (SSSR count). The molecule has 2 amide bonds. The number of anilines is 1. The predicted octanol–water partition coefficient (Wildman–Crippen LogP) is 2.32. The van der Waals surface area contributed by atoms with Crippen molar-refractivity contribution < 1.29 is 14.3 Å². The van der Waals surface area contributed by atoms with Crippen molar-refractivity contribution in [2.24, 2.45) is 0 Å². The summed E-state index contributed by atoms with van der Waals surface area (Å²) in [5, 5.41) is 2.88. The molecule has 7 nitrogen and oxygen atoms in total. The van der Waals surface area contributed by atoms with Crippen LogP contribution in [0.2, 0.25) is 0 Å². The van der Waals surface area contributed by atoms with Crippen LogP contribution < -0.4 is 15.0 Å². The fraction of sp³-hybridized carbons (Fsp3) is 0.381. The number of carbonyl (C=O) groups excluding carboxylic acids is 2. The summed E-state index contributed by atoms with van der Waals surface area (Å²) in [6, 6.07) is 10.7. The zero-order valence-corrected chi connectivity index (χ0v) is 16.9. The van der Waals surface area contributed by atoms with E-state index in [2.05, 4.69) is 29.0 Å². The quantitative estimate of drug-likeness (QED) is 0.718. The van der Waals surface area contributed by atoms with Gasteiger partial charge in [-0.2, -0.15) is 0 Å². The Morgan fingerprint density at radius 3 is 2.46 bits per heavy atom. The van der Waals surface area contributed by atoms with Gasteiger partial charge in [0.1, 0.15) is 11.6 Å². The summed E-state index contributed by atoms with van der Waals surface area (Å²) in [5.41, 5.74) is 1.40. The monoisotopic (exact) mass is 384 g/mol. The van der Waals surface area contributed by atoms with Gasteiger partial charge in [-0.1, -0.05) is 12.1 Å². The maximum absolute atomic E-state index is 12.4. The number of pyridine rings is 1. The van der Waals surface area contributed by atoms with Crippen molar-refractivity contribution in [3.05, 3.63) is 53.7 Å². The minimum Gasteiger partial charge on any atom is -0.484 e. The molecular formula is C21H28N4O3. The second kappa shape index (κ2) is 10.3. The van der Waals surface area contributed by atoms with E-state index in [9.17, 15) is 9.59 Å². The summed E-state index contributed by atoms with van der Waals surface area (Å²) in [7, 11) is 3.33. The fourth-order valence-electron chi connectivity index (χ4n) is 2.54. The number of hydrogen-bond acceptors (Lipinski definition) is 5. The molecule has 0 fully saturated rings. The molecule has 0 aliphatic heterocycles. The molecule has 0 unspecified atom stereocenters. The first-order valence-corrected chi connectivity index (χ1v) is 9.35. The largest absolute Gasteiger partial charge is 0.484 e. The van der Waals surface area contributed by atoms with Crippen molar-refractivity contribution in [3.8, 4) is 5.75 Å². The second-order valence-corrected chi connectivity index (χ2v) is 6.48.